The molecule has 2 aromatic carbocycles. The number of carbonyl (C=O) groups is 1. The Morgan fingerprint density at radius 1 is 1.13 bits per heavy atom. The van der Waals surface area contributed by atoms with Crippen LogP contribution in [0.5, 0.6) is 0 Å². The number of nitrogens with one attached hydrogen (secondary N) is 1. The molecule has 1 N–H and O–H groups in total. The van der Waals surface area contributed by atoms with Crippen molar-refractivity contribution in [3.63, 3.8) is 0 Å². The molecule has 3 rings (SSSR count). The van der Waals surface area contributed by atoms with Gasteiger partial charge in [-0.2, -0.15) is 0 Å². The van der Waals surface area contributed by atoms with Crippen LogP contribution in [-0.2, 0) is 10.5 Å². The standard InChI is InChI=1S/C18H17Cl2NOS/c1-17(12-18(17,19)20)16(22)21-14-9-5-6-10-15(14)23-11-13-7-3-2-4-8-13/h2-10H,11-12H2,1H3,(H,21,22). The lowest BCUT2D eigenvalue weighted by Crippen LogP contribution is -2.26. The summed E-state index contributed by atoms with van der Waals surface area (Å²) < 4.78 is -0.955. The first kappa shape index (κ1) is 16.7. The third-order valence-corrected chi connectivity index (χ3v) is 6.38. The molecular formula is C18H17Cl2NOS. The van der Waals surface area contributed by atoms with Gasteiger partial charge in [-0.15, -0.1) is 35.0 Å². The Hall–Kier alpha value is -1.16. The summed E-state index contributed by atoms with van der Waals surface area (Å²) in [6.45, 7) is 1.79. The average molecular weight is 366 g/mol. The minimum atomic E-state index is -0.955. The second kappa shape index (κ2) is 6.39. The van der Waals surface area contributed by atoms with Gasteiger partial charge < -0.3 is 5.32 Å². The number of anilines is 1. The molecule has 0 spiro atoms. The predicted molar refractivity (Wildman–Crippen MR) is 98.2 cm³/mol. The Balaban J connectivity index is 1.70. The summed E-state index contributed by atoms with van der Waals surface area (Å²) in [6, 6.07) is 18.0. The quantitative estimate of drug-likeness (QED) is 0.559. The Morgan fingerprint density at radius 3 is 2.39 bits per heavy atom. The second-order valence-electron chi connectivity index (χ2n) is 5.94. The van der Waals surface area contributed by atoms with Crippen LogP contribution in [0.3, 0.4) is 0 Å². The van der Waals surface area contributed by atoms with Crippen LogP contribution in [0.4, 0.5) is 5.69 Å². The smallest absolute Gasteiger partial charge is 0.233 e. The zero-order chi connectivity index (χ0) is 16.5. The molecule has 2 aromatic rings. The van der Waals surface area contributed by atoms with Crippen molar-refractivity contribution in [2.45, 2.75) is 28.3 Å². The fraction of sp³-hybridized carbons (Fsp3) is 0.278. The third-order valence-electron chi connectivity index (χ3n) is 4.13. The normalized spacial score (nSPS) is 21.7. The number of amides is 1. The van der Waals surface area contributed by atoms with Gasteiger partial charge in [0.1, 0.15) is 4.33 Å². The van der Waals surface area contributed by atoms with Crippen molar-refractivity contribution in [2.24, 2.45) is 5.41 Å². The highest BCUT2D eigenvalue weighted by atomic mass is 35.5. The van der Waals surface area contributed by atoms with Gasteiger partial charge in [0.2, 0.25) is 5.91 Å². The maximum Gasteiger partial charge on any atom is 0.233 e. The van der Waals surface area contributed by atoms with Gasteiger partial charge in [-0.3, -0.25) is 4.79 Å². The molecule has 2 nitrogen and oxygen atoms in total. The first-order valence-electron chi connectivity index (χ1n) is 7.37. The van der Waals surface area contributed by atoms with Crippen molar-refractivity contribution < 1.29 is 4.79 Å². The van der Waals surface area contributed by atoms with Crippen molar-refractivity contribution in [2.75, 3.05) is 5.32 Å². The minimum Gasteiger partial charge on any atom is -0.325 e. The molecule has 0 aromatic heterocycles. The van der Waals surface area contributed by atoms with E-state index < -0.39 is 9.75 Å². The number of alkyl halides is 2. The molecule has 0 saturated heterocycles. The lowest BCUT2D eigenvalue weighted by molar-refractivity contribution is -0.120. The molecule has 5 heteroatoms. The molecule has 1 saturated carbocycles. The molecule has 1 aliphatic rings. The molecule has 1 atom stereocenters. The van der Waals surface area contributed by atoms with Gasteiger partial charge in [-0.05, 0) is 31.0 Å². The van der Waals surface area contributed by atoms with Crippen LogP contribution in [0.1, 0.15) is 18.9 Å². The highest BCUT2D eigenvalue weighted by Gasteiger charge is 2.67. The molecule has 0 bridgehead atoms. The molecule has 120 valence electrons. The summed E-state index contributed by atoms with van der Waals surface area (Å²) in [5, 5.41) is 2.98. The van der Waals surface area contributed by atoms with Crippen LogP contribution in [0.2, 0.25) is 0 Å². The summed E-state index contributed by atoms with van der Waals surface area (Å²) in [4.78, 5) is 13.5. The Kier molecular flexibility index (Phi) is 4.63. The summed E-state index contributed by atoms with van der Waals surface area (Å²) >= 11 is 13.9. The van der Waals surface area contributed by atoms with Crippen molar-refractivity contribution in [1.29, 1.82) is 0 Å². The van der Waals surface area contributed by atoms with E-state index in [4.69, 9.17) is 23.2 Å². The minimum absolute atomic E-state index is 0.129. The molecule has 1 amide bonds. The maximum atomic E-state index is 12.4. The number of rotatable bonds is 5. The second-order valence-corrected chi connectivity index (χ2v) is 8.44. The van der Waals surface area contributed by atoms with Crippen molar-refractivity contribution in [1.82, 2.24) is 0 Å². The van der Waals surface area contributed by atoms with Gasteiger partial charge in [-0.25, -0.2) is 0 Å². The van der Waals surface area contributed by atoms with Gasteiger partial charge in [0.15, 0.2) is 0 Å². The Bertz CT molecular complexity index is 720. The van der Waals surface area contributed by atoms with Gasteiger partial charge in [0, 0.05) is 10.6 Å². The van der Waals surface area contributed by atoms with Crippen molar-refractivity contribution >= 4 is 46.6 Å². The van der Waals surface area contributed by atoms with E-state index in [1.165, 1.54) is 5.56 Å². The Labute approximate surface area is 150 Å². The Morgan fingerprint density at radius 2 is 1.74 bits per heavy atom. The number of thioether (sulfide) groups is 1. The van der Waals surface area contributed by atoms with Crippen LogP contribution in [-0.4, -0.2) is 10.2 Å². The third kappa shape index (κ3) is 3.52. The highest BCUT2D eigenvalue weighted by molar-refractivity contribution is 7.98. The van der Waals surface area contributed by atoms with Crippen LogP contribution in [0, 0.1) is 5.41 Å². The fourth-order valence-corrected chi connectivity index (χ4v) is 4.01. The average Bonchev–Trinajstić information content (AvgIpc) is 3.07. The summed E-state index contributed by atoms with van der Waals surface area (Å²) in [5.74, 6) is 0.718. The number of carbonyl (C=O) groups excluding carboxylic acids is 1. The predicted octanol–water partition coefficient (Wildman–Crippen LogP) is 5.50. The number of para-hydroxylation sites is 1. The van der Waals surface area contributed by atoms with E-state index in [0.29, 0.717) is 6.42 Å². The largest absolute Gasteiger partial charge is 0.325 e. The van der Waals surface area contributed by atoms with Gasteiger partial charge in [0.05, 0.1) is 11.1 Å². The first-order chi connectivity index (χ1) is 10.9. The molecule has 0 radical (unpaired) electrons. The number of halogens is 2. The van der Waals surface area contributed by atoms with E-state index in [1.807, 2.05) is 42.5 Å². The molecular weight excluding hydrogens is 349 g/mol. The molecule has 1 fully saturated rings. The van der Waals surface area contributed by atoms with E-state index in [0.717, 1.165) is 16.3 Å². The first-order valence-corrected chi connectivity index (χ1v) is 9.12. The van der Waals surface area contributed by atoms with Crippen LogP contribution in [0.15, 0.2) is 59.5 Å². The summed E-state index contributed by atoms with van der Waals surface area (Å²) in [6.07, 6.45) is 0.480. The maximum absolute atomic E-state index is 12.4. The number of hydrogen-bond donors (Lipinski definition) is 1. The lowest BCUT2D eigenvalue weighted by Gasteiger charge is -2.15. The van der Waals surface area contributed by atoms with Gasteiger partial charge >= 0.3 is 0 Å². The van der Waals surface area contributed by atoms with Crippen LogP contribution < -0.4 is 5.32 Å². The van der Waals surface area contributed by atoms with Gasteiger partial charge in [0.25, 0.3) is 0 Å². The van der Waals surface area contributed by atoms with Crippen LogP contribution >= 0.6 is 35.0 Å². The van der Waals surface area contributed by atoms with Gasteiger partial charge in [-0.1, -0.05) is 42.5 Å². The molecule has 0 heterocycles. The van der Waals surface area contributed by atoms with Crippen LogP contribution in [0.25, 0.3) is 0 Å². The van der Waals surface area contributed by atoms with E-state index in [1.54, 1.807) is 18.7 Å². The molecule has 1 aliphatic carbocycles. The van der Waals surface area contributed by atoms with E-state index >= 15 is 0 Å². The molecule has 0 aliphatic heterocycles. The van der Waals surface area contributed by atoms with Crippen molar-refractivity contribution in [3.8, 4) is 0 Å². The van der Waals surface area contributed by atoms with Crippen molar-refractivity contribution in [3.05, 3.63) is 60.2 Å². The highest BCUT2D eigenvalue weighted by Crippen LogP contribution is 2.64. The monoisotopic (exact) mass is 365 g/mol. The molecule has 1 unspecified atom stereocenters. The lowest BCUT2D eigenvalue weighted by atomic mass is 10.1. The van der Waals surface area contributed by atoms with E-state index in [-0.39, 0.29) is 5.91 Å². The summed E-state index contributed by atoms with van der Waals surface area (Å²) in [5.41, 5.74) is 1.33. The van der Waals surface area contributed by atoms with E-state index in [2.05, 4.69) is 17.4 Å². The summed E-state index contributed by atoms with van der Waals surface area (Å²) in [7, 11) is 0. The zero-order valence-electron chi connectivity index (χ0n) is 12.7. The number of hydrogen-bond acceptors (Lipinski definition) is 2. The zero-order valence-corrected chi connectivity index (χ0v) is 15.0. The fourth-order valence-electron chi connectivity index (χ4n) is 2.34. The molecule has 23 heavy (non-hydrogen) atoms. The number of benzene rings is 2. The SMILES string of the molecule is CC1(C(=O)Nc2ccccc2SCc2ccccc2)CC1(Cl)Cl. The van der Waals surface area contributed by atoms with E-state index in [9.17, 15) is 4.79 Å². The topological polar surface area (TPSA) is 29.1 Å².